The third-order valence-electron chi connectivity index (χ3n) is 3.55. The summed E-state index contributed by atoms with van der Waals surface area (Å²) in [6.45, 7) is 2.21. The van der Waals surface area contributed by atoms with Crippen molar-refractivity contribution in [2.24, 2.45) is 7.05 Å². The Morgan fingerprint density at radius 3 is 2.28 bits per heavy atom. The van der Waals surface area contributed by atoms with Crippen LogP contribution in [0.5, 0.6) is 0 Å². The number of hydrogen-bond donors (Lipinski definition) is 1. The van der Waals surface area contributed by atoms with Crippen LogP contribution < -0.4 is 4.31 Å². The average molecular weight is 478 g/mol. The Morgan fingerprint density at radius 1 is 1.36 bits per heavy atom. The Balaban J connectivity index is 2.71. The molecule has 2 aromatic rings. The van der Waals surface area contributed by atoms with Crippen LogP contribution in [0.2, 0.25) is 10.0 Å². The lowest BCUT2D eigenvalue weighted by Crippen LogP contribution is -2.40. The fourth-order valence-electron chi connectivity index (χ4n) is 2.46. The second-order valence-electron chi connectivity index (χ2n) is 5.29. The zero-order valence-corrected chi connectivity index (χ0v) is 17.3. The first kappa shape index (κ1) is 20.6. The molecule has 0 fully saturated rings. The lowest BCUT2D eigenvalue weighted by molar-refractivity contribution is 0.158. The van der Waals surface area contributed by atoms with Gasteiger partial charge >= 0.3 is 10.4 Å². The highest BCUT2D eigenvalue weighted by Gasteiger charge is 2.46. The molecule has 0 amide bonds. The average Bonchev–Trinajstić information content (AvgIpc) is 2.68. The van der Waals surface area contributed by atoms with Crippen LogP contribution in [-0.4, -0.2) is 27.3 Å². The molecule has 1 N–H and O–H groups in total. The maximum atomic E-state index is 13.2. The van der Waals surface area contributed by atoms with Gasteiger partial charge in [-0.15, -0.1) is 0 Å². The molecule has 2 rings (SSSR count). The molecule has 138 valence electrons. The van der Waals surface area contributed by atoms with E-state index in [9.17, 15) is 17.5 Å². The van der Waals surface area contributed by atoms with Crippen LogP contribution in [0.15, 0.2) is 21.5 Å². The van der Waals surface area contributed by atoms with Crippen LogP contribution in [0.25, 0.3) is 0 Å². The summed E-state index contributed by atoms with van der Waals surface area (Å²) < 4.78 is 53.0. The maximum Gasteiger partial charge on any atom is 0.351 e. The van der Waals surface area contributed by atoms with Gasteiger partial charge in [-0.2, -0.15) is 14.0 Å². The molecule has 0 saturated carbocycles. The molecule has 0 radical (unpaired) electrons. The molecule has 1 aromatic heterocycles. The summed E-state index contributed by atoms with van der Waals surface area (Å²) in [5.41, 5.74) is 0.946. The van der Waals surface area contributed by atoms with E-state index in [4.69, 9.17) is 23.2 Å². The first-order chi connectivity index (χ1) is 11.5. The summed E-state index contributed by atoms with van der Waals surface area (Å²) >= 11 is 15.3. The largest absolute Gasteiger partial charge is 0.351 e. The lowest BCUT2D eigenvalue weighted by Gasteiger charge is -2.23. The highest BCUT2D eigenvalue weighted by Crippen LogP contribution is 2.40. The molecule has 11 heteroatoms. The minimum Gasteiger partial charge on any atom is -0.270 e. The summed E-state index contributed by atoms with van der Waals surface area (Å²) in [5, 5.41) is 3.91. The molecule has 0 saturated heterocycles. The van der Waals surface area contributed by atoms with Gasteiger partial charge in [0.05, 0.1) is 11.4 Å². The van der Waals surface area contributed by atoms with Gasteiger partial charge in [0.1, 0.15) is 22.3 Å². The fourth-order valence-corrected chi connectivity index (χ4v) is 5.94. The van der Waals surface area contributed by atoms with E-state index in [1.54, 1.807) is 20.9 Å². The van der Waals surface area contributed by atoms with Crippen LogP contribution in [-0.2, 0) is 21.7 Å². The molecule has 0 aliphatic carbocycles. The van der Waals surface area contributed by atoms with Crippen molar-refractivity contribution in [3.8, 4) is 0 Å². The van der Waals surface area contributed by atoms with Gasteiger partial charge in [0.15, 0.2) is 0 Å². The van der Waals surface area contributed by atoms with Gasteiger partial charge < -0.3 is 0 Å². The third-order valence-corrected chi connectivity index (χ3v) is 6.73. The number of aromatic nitrogens is 2. The highest BCUT2D eigenvalue weighted by molar-refractivity contribution is 9.10. The van der Waals surface area contributed by atoms with Gasteiger partial charge in [0.25, 0.3) is 11.3 Å². The van der Waals surface area contributed by atoms with Crippen molar-refractivity contribution >= 4 is 55.2 Å². The third kappa shape index (κ3) is 4.00. The Hall–Kier alpha value is -0.740. The van der Waals surface area contributed by atoms with Gasteiger partial charge in [-0.3, -0.25) is 4.68 Å². The monoisotopic (exact) mass is 476 g/mol. The molecule has 25 heavy (non-hydrogen) atoms. The summed E-state index contributed by atoms with van der Waals surface area (Å²) in [6.07, 6.45) is -2.86. The summed E-state index contributed by atoms with van der Waals surface area (Å²) in [5.74, 6) is 0. The minimum absolute atomic E-state index is 0.106. The minimum atomic E-state index is -4.19. The van der Waals surface area contributed by atoms with Gasteiger partial charge in [-0.05, 0) is 30.2 Å². The maximum absolute atomic E-state index is 13.2. The van der Waals surface area contributed by atoms with Crippen molar-refractivity contribution in [3.05, 3.63) is 38.0 Å². The number of benzene rings is 1. The number of halogens is 5. The Morgan fingerprint density at radius 2 is 1.88 bits per heavy atom. The number of aryl methyl sites for hydroxylation is 2. The second kappa shape index (κ2) is 7.48. The first-order valence-corrected chi connectivity index (χ1v) is 9.96. The van der Waals surface area contributed by atoms with E-state index >= 15 is 0 Å². The zero-order chi connectivity index (χ0) is 19.1. The molecule has 1 atom stereocenters. The topological polar surface area (TPSA) is 58.4 Å². The predicted molar refractivity (Wildman–Crippen MR) is 99.1 cm³/mol. The standard InChI is InChI=1S/C14H14BrCl2F2N3O2S/c1-7-13(8(2)21(3)20-7)22(6-12(18)19)25(23,24)14-10(16)4-9(15)5-11(14)17/h4-5,12H,6H2,1-3H3/p+1. The molecule has 1 unspecified atom stereocenters. The van der Waals surface area contributed by atoms with Crippen LogP contribution in [0, 0.1) is 13.8 Å². The van der Waals surface area contributed by atoms with E-state index in [-0.39, 0.29) is 20.6 Å². The number of anilines is 1. The SMILES string of the molecule is Cc1nn(C)c(C)c1N(CC(F)F)[S+](=O)(O)c1c(Cl)cc(Br)cc1Cl. The van der Waals surface area contributed by atoms with E-state index in [0.717, 1.165) is 4.31 Å². The van der Waals surface area contributed by atoms with Crippen LogP contribution in [0.4, 0.5) is 14.5 Å². The van der Waals surface area contributed by atoms with Gasteiger partial charge in [0, 0.05) is 11.5 Å². The second-order valence-corrected chi connectivity index (χ2v) is 8.86. The van der Waals surface area contributed by atoms with E-state index in [0.29, 0.717) is 15.9 Å². The number of rotatable bonds is 5. The Labute approximate surface area is 163 Å². The molecule has 5 nitrogen and oxygen atoms in total. The van der Waals surface area contributed by atoms with Crippen LogP contribution in [0.1, 0.15) is 11.4 Å². The van der Waals surface area contributed by atoms with Crippen molar-refractivity contribution in [3.63, 3.8) is 0 Å². The molecule has 0 spiro atoms. The number of hydrogen-bond acceptors (Lipinski definition) is 2. The van der Waals surface area contributed by atoms with E-state index in [1.807, 2.05) is 0 Å². The Kier molecular flexibility index (Phi) is 6.15. The van der Waals surface area contributed by atoms with E-state index in [2.05, 4.69) is 21.0 Å². The first-order valence-electron chi connectivity index (χ1n) is 6.94. The normalized spacial score (nSPS) is 14.0. The fraction of sp³-hybridized carbons (Fsp3) is 0.357. The van der Waals surface area contributed by atoms with Gasteiger partial charge in [-0.25, -0.2) is 8.78 Å². The highest BCUT2D eigenvalue weighted by atomic mass is 79.9. The van der Waals surface area contributed by atoms with Crippen molar-refractivity contribution in [1.82, 2.24) is 9.78 Å². The molecular formula is C14H15BrCl2F2N3O2S+. The quantitative estimate of drug-likeness (QED) is 0.607. The summed E-state index contributed by atoms with van der Waals surface area (Å²) in [4.78, 5) is -0.317. The smallest absolute Gasteiger partial charge is 0.270 e. The van der Waals surface area contributed by atoms with Crippen molar-refractivity contribution in [2.75, 3.05) is 10.8 Å². The van der Waals surface area contributed by atoms with Crippen molar-refractivity contribution in [1.29, 1.82) is 0 Å². The number of alkyl halides is 2. The lowest BCUT2D eigenvalue weighted by atomic mass is 10.3. The summed E-state index contributed by atoms with van der Waals surface area (Å²) in [6, 6.07) is 2.75. The zero-order valence-electron chi connectivity index (χ0n) is 13.4. The molecular weight excluding hydrogens is 463 g/mol. The molecule has 1 aromatic carbocycles. The van der Waals surface area contributed by atoms with E-state index in [1.165, 1.54) is 16.8 Å². The predicted octanol–water partition coefficient (Wildman–Crippen LogP) is 5.12. The van der Waals surface area contributed by atoms with E-state index < -0.39 is 23.4 Å². The Bertz CT molecular complexity index is 840. The summed E-state index contributed by atoms with van der Waals surface area (Å²) in [7, 11) is -2.58. The number of nitrogens with zero attached hydrogens (tertiary/aromatic N) is 3. The van der Waals surface area contributed by atoms with Crippen molar-refractivity contribution in [2.45, 2.75) is 25.2 Å². The van der Waals surface area contributed by atoms with Crippen LogP contribution >= 0.6 is 39.1 Å². The van der Waals surface area contributed by atoms with Gasteiger partial charge in [-0.1, -0.05) is 39.1 Å². The molecule has 0 aliphatic rings. The molecule has 0 bridgehead atoms. The van der Waals surface area contributed by atoms with Crippen LogP contribution in [0.3, 0.4) is 0 Å². The molecule has 1 heterocycles. The molecule has 0 aliphatic heterocycles. The van der Waals surface area contributed by atoms with Gasteiger partial charge in [0.2, 0.25) is 0 Å². The van der Waals surface area contributed by atoms with Crippen molar-refractivity contribution < 1.29 is 17.5 Å².